The lowest BCUT2D eigenvalue weighted by Crippen LogP contribution is -2.27. The molecule has 2 atom stereocenters. The van der Waals surface area contributed by atoms with E-state index in [-0.39, 0.29) is 5.78 Å². The topological polar surface area (TPSA) is 20.3 Å². The molecule has 1 aromatic rings. The van der Waals surface area contributed by atoms with Crippen molar-refractivity contribution in [2.45, 2.75) is 26.7 Å². The van der Waals surface area contributed by atoms with Crippen LogP contribution in [0, 0.1) is 11.8 Å². The van der Waals surface area contributed by atoms with Gasteiger partial charge in [-0.2, -0.15) is 0 Å². The fourth-order valence-electron chi connectivity index (χ4n) is 2.16. The number of ketones is 1. The van der Waals surface area contributed by atoms with Gasteiger partial charge in [0, 0.05) is 11.4 Å². The van der Waals surface area contributed by atoms with Crippen molar-refractivity contribution in [3.63, 3.8) is 0 Å². The molecular weight excluding hydrogens is 230 g/mol. The van der Waals surface area contributed by atoms with E-state index in [4.69, 9.17) is 0 Å². The molecule has 0 aromatic carbocycles. The molecule has 0 radical (unpaired) electrons. The van der Waals surface area contributed by atoms with Gasteiger partial charge in [0.1, 0.15) is 0 Å². The highest BCUT2D eigenvalue weighted by Gasteiger charge is 2.33. The van der Waals surface area contributed by atoms with Crippen LogP contribution in [0.4, 0.5) is 0 Å². The molecule has 1 aliphatic carbocycles. The Kier molecular flexibility index (Phi) is 4.00. The summed E-state index contributed by atoms with van der Waals surface area (Å²) in [6, 6.07) is 4.04. The third-order valence-electron chi connectivity index (χ3n) is 3.52. The molecular formula is C14H21NOS. The van der Waals surface area contributed by atoms with E-state index in [1.165, 1.54) is 11.3 Å². The van der Waals surface area contributed by atoms with Crippen LogP contribution in [0.5, 0.6) is 0 Å². The van der Waals surface area contributed by atoms with Gasteiger partial charge in [0.05, 0.1) is 11.4 Å². The summed E-state index contributed by atoms with van der Waals surface area (Å²) in [6.45, 7) is 6.04. The normalized spacial score (nSPS) is 23.1. The van der Waals surface area contributed by atoms with Crippen molar-refractivity contribution in [1.82, 2.24) is 4.90 Å². The van der Waals surface area contributed by atoms with Crippen LogP contribution in [0.3, 0.4) is 0 Å². The van der Waals surface area contributed by atoms with Gasteiger partial charge in [-0.1, -0.05) is 13.8 Å². The molecule has 0 saturated heterocycles. The quantitative estimate of drug-likeness (QED) is 0.724. The summed E-state index contributed by atoms with van der Waals surface area (Å²) in [5, 5.41) is 0. The summed E-state index contributed by atoms with van der Waals surface area (Å²) in [4.78, 5) is 16.4. The third-order valence-corrected chi connectivity index (χ3v) is 4.79. The van der Waals surface area contributed by atoms with E-state index >= 15 is 0 Å². The first-order valence-corrected chi connectivity index (χ1v) is 7.22. The SMILES string of the molecule is CCc1ccc(C(=O)CN(C)CC2CC2C)s1. The maximum Gasteiger partial charge on any atom is 0.186 e. The first kappa shape index (κ1) is 12.8. The standard InChI is InChI=1S/C14H21NOS/c1-4-12-5-6-14(17-12)13(16)9-15(3)8-11-7-10(11)2/h5-6,10-11H,4,7-9H2,1-3H3. The molecule has 1 fully saturated rings. The monoisotopic (exact) mass is 251 g/mol. The molecule has 1 aromatic heterocycles. The molecule has 2 nitrogen and oxygen atoms in total. The molecule has 0 spiro atoms. The van der Waals surface area contributed by atoms with Crippen molar-refractivity contribution in [1.29, 1.82) is 0 Å². The fraction of sp³-hybridized carbons (Fsp3) is 0.643. The van der Waals surface area contributed by atoms with Crippen LogP contribution in [0.15, 0.2) is 12.1 Å². The Hall–Kier alpha value is -0.670. The van der Waals surface area contributed by atoms with Crippen LogP contribution in [0.25, 0.3) is 0 Å². The molecule has 1 saturated carbocycles. The predicted octanol–water partition coefficient (Wildman–Crippen LogP) is 3.08. The molecule has 2 unspecified atom stereocenters. The van der Waals surface area contributed by atoms with Crippen LogP contribution in [0.2, 0.25) is 0 Å². The van der Waals surface area contributed by atoms with Crippen LogP contribution >= 0.6 is 11.3 Å². The number of carbonyl (C=O) groups is 1. The van der Waals surface area contributed by atoms with E-state index in [1.54, 1.807) is 11.3 Å². The summed E-state index contributed by atoms with van der Waals surface area (Å²) in [6.07, 6.45) is 2.35. The van der Waals surface area contributed by atoms with Gasteiger partial charge in [-0.15, -0.1) is 11.3 Å². The van der Waals surface area contributed by atoms with E-state index in [1.807, 2.05) is 6.07 Å². The zero-order valence-corrected chi connectivity index (χ0v) is 11.7. The lowest BCUT2D eigenvalue weighted by atomic mass is 10.2. The lowest BCUT2D eigenvalue weighted by molar-refractivity contribution is 0.0947. The molecule has 0 aliphatic heterocycles. The summed E-state index contributed by atoms with van der Waals surface area (Å²) >= 11 is 1.64. The molecule has 94 valence electrons. The highest BCUT2D eigenvalue weighted by atomic mass is 32.1. The maximum absolute atomic E-state index is 12.0. The Bertz CT molecular complexity index is 399. The predicted molar refractivity (Wildman–Crippen MR) is 72.8 cm³/mol. The Morgan fingerprint density at radius 2 is 2.24 bits per heavy atom. The number of nitrogens with zero attached hydrogens (tertiary/aromatic N) is 1. The fourth-order valence-corrected chi connectivity index (χ4v) is 3.04. The van der Waals surface area contributed by atoms with E-state index in [2.05, 4.69) is 31.9 Å². The van der Waals surface area contributed by atoms with E-state index in [0.717, 1.165) is 29.7 Å². The van der Waals surface area contributed by atoms with Crippen molar-refractivity contribution in [2.24, 2.45) is 11.8 Å². The summed E-state index contributed by atoms with van der Waals surface area (Å²) in [5.74, 6) is 1.95. The number of aryl methyl sites for hydroxylation is 1. The van der Waals surface area contributed by atoms with Gasteiger partial charge in [-0.25, -0.2) is 0 Å². The zero-order chi connectivity index (χ0) is 12.4. The van der Waals surface area contributed by atoms with Gasteiger partial charge in [0.25, 0.3) is 0 Å². The summed E-state index contributed by atoms with van der Waals surface area (Å²) < 4.78 is 0. The molecule has 2 rings (SSSR count). The van der Waals surface area contributed by atoms with Crippen molar-refractivity contribution in [2.75, 3.05) is 20.1 Å². The third kappa shape index (κ3) is 3.39. The second-order valence-corrected chi connectivity index (χ2v) is 6.38. The molecule has 0 bridgehead atoms. The van der Waals surface area contributed by atoms with Crippen LogP contribution in [0.1, 0.15) is 34.8 Å². The zero-order valence-electron chi connectivity index (χ0n) is 10.9. The van der Waals surface area contributed by atoms with Gasteiger partial charge in [-0.05, 0) is 43.9 Å². The first-order chi connectivity index (χ1) is 8.10. The van der Waals surface area contributed by atoms with Gasteiger partial charge >= 0.3 is 0 Å². The van der Waals surface area contributed by atoms with E-state index < -0.39 is 0 Å². The molecule has 1 aliphatic rings. The Morgan fingerprint density at radius 1 is 1.53 bits per heavy atom. The number of carbonyl (C=O) groups excluding carboxylic acids is 1. The highest BCUT2D eigenvalue weighted by Crippen LogP contribution is 2.37. The number of likely N-dealkylation sites (N-methyl/N-ethyl adjacent to an activating group) is 1. The van der Waals surface area contributed by atoms with Gasteiger partial charge in [-0.3, -0.25) is 9.69 Å². The Morgan fingerprint density at radius 3 is 2.76 bits per heavy atom. The molecule has 3 heteroatoms. The van der Waals surface area contributed by atoms with Gasteiger partial charge in [0.15, 0.2) is 5.78 Å². The van der Waals surface area contributed by atoms with Crippen molar-refractivity contribution >= 4 is 17.1 Å². The van der Waals surface area contributed by atoms with Crippen molar-refractivity contribution in [3.8, 4) is 0 Å². The molecule has 0 N–H and O–H groups in total. The van der Waals surface area contributed by atoms with Crippen LogP contribution in [-0.2, 0) is 6.42 Å². The van der Waals surface area contributed by atoms with Crippen LogP contribution < -0.4 is 0 Å². The minimum absolute atomic E-state index is 0.269. The number of hydrogen-bond donors (Lipinski definition) is 0. The van der Waals surface area contributed by atoms with E-state index in [0.29, 0.717) is 6.54 Å². The second kappa shape index (κ2) is 5.32. The second-order valence-electron chi connectivity index (χ2n) is 5.21. The van der Waals surface area contributed by atoms with E-state index in [9.17, 15) is 4.79 Å². The largest absolute Gasteiger partial charge is 0.299 e. The minimum atomic E-state index is 0.269. The average Bonchev–Trinajstić information content (AvgIpc) is 2.83. The van der Waals surface area contributed by atoms with Gasteiger partial charge in [0.2, 0.25) is 0 Å². The highest BCUT2D eigenvalue weighted by molar-refractivity contribution is 7.14. The average molecular weight is 251 g/mol. The summed E-state index contributed by atoms with van der Waals surface area (Å²) in [7, 11) is 2.05. The number of Topliss-reactive ketones (excluding diaryl/α,β-unsaturated/α-hetero) is 1. The molecule has 1 heterocycles. The minimum Gasteiger partial charge on any atom is -0.299 e. The molecule has 17 heavy (non-hydrogen) atoms. The lowest BCUT2D eigenvalue weighted by Gasteiger charge is -2.14. The first-order valence-electron chi connectivity index (χ1n) is 6.40. The van der Waals surface area contributed by atoms with Crippen LogP contribution in [-0.4, -0.2) is 30.8 Å². The summed E-state index contributed by atoms with van der Waals surface area (Å²) in [5.41, 5.74) is 0. The maximum atomic E-state index is 12.0. The van der Waals surface area contributed by atoms with Crippen molar-refractivity contribution < 1.29 is 4.79 Å². The van der Waals surface area contributed by atoms with Gasteiger partial charge < -0.3 is 0 Å². The Labute approximate surface area is 108 Å². The Balaban J connectivity index is 1.83. The molecule has 0 amide bonds. The number of hydrogen-bond acceptors (Lipinski definition) is 3. The number of thiophene rings is 1. The smallest absolute Gasteiger partial charge is 0.186 e. The van der Waals surface area contributed by atoms with Crippen molar-refractivity contribution in [3.05, 3.63) is 21.9 Å². The number of rotatable bonds is 6.